The molecule has 9 heteroatoms. The highest BCUT2D eigenvalue weighted by Crippen LogP contribution is 2.28. The fourth-order valence-electron chi connectivity index (χ4n) is 3.94. The fraction of sp³-hybridized carbons (Fsp3) is 0.304. The van der Waals surface area contributed by atoms with Gasteiger partial charge in [0.05, 0.1) is 17.6 Å². The number of hydrogen-bond acceptors (Lipinski definition) is 6. The highest BCUT2D eigenvalue weighted by molar-refractivity contribution is 6.07. The van der Waals surface area contributed by atoms with Crippen molar-refractivity contribution in [1.29, 1.82) is 0 Å². The zero-order valence-corrected chi connectivity index (χ0v) is 18.0. The first-order valence-electron chi connectivity index (χ1n) is 10.9. The quantitative estimate of drug-likeness (QED) is 0.590. The maximum absolute atomic E-state index is 13.2. The molecular formula is C23H26N8O. The largest absolute Gasteiger partial charge is 0.306 e. The van der Waals surface area contributed by atoms with Crippen molar-refractivity contribution in [2.45, 2.75) is 32.1 Å². The minimum atomic E-state index is -0.265. The van der Waals surface area contributed by atoms with Gasteiger partial charge in [-0.15, -0.1) is 0 Å². The Morgan fingerprint density at radius 1 is 1.22 bits per heavy atom. The average molecular weight is 431 g/mol. The SMILES string of the molecule is Cc1ccc(-n2nc(C3CCCNNC3)cc2NC(=O)c2cnn3c2N=CCC=C3)cc1. The van der Waals surface area contributed by atoms with Gasteiger partial charge in [-0.25, -0.2) is 14.4 Å². The number of nitrogens with zero attached hydrogens (tertiary/aromatic N) is 5. The molecule has 164 valence electrons. The lowest BCUT2D eigenvalue weighted by Gasteiger charge is -2.10. The number of rotatable bonds is 4. The number of anilines is 1. The second kappa shape index (κ2) is 8.89. The molecule has 2 aliphatic heterocycles. The van der Waals surface area contributed by atoms with E-state index >= 15 is 0 Å². The van der Waals surface area contributed by atoms with Crippen LogP contribution in [0.5, 0.6) is 0 Å². The molecule has 5 rings (SSSR count). The summed E-state index contributed by atoms with van der Waals surface area (Å²) in [7, 11) is 0. The Kier molecular flexibility index (Phi) is 5.66. The predicted octanol–water partition coefficient (Wildman–Crippen LogP) is 3.18. The zero-order chi connectivity index (χ0) is 21.9. The monoisotopic (exact) mass is 430 g/mol. The molecule has 1 unspecified atom stereocenters. The van der Waals surface area contributed by atoms with Crippen molar-refractivity contribution < 1.29 is 4.79 Å². The molecule has 0 radical (unpaired) electrons. The van der Waals surface area contributed by atoms with Crippen LogP contribution < -0.4 is 16.2 Å². The number of aromatic nitrogens is 4. The van der Waals surface area contributed by atoms with Crippen molar-refractivity contribution in [1.82, 2.24) is 30.4 Å². The van der Waals surface area contributed by atoms with E-state index in [9.17, 15) is 4.79 Å². The van der Waals surface area contributed by atoms with Gasteiger partial charge < -0.3 is 5.32 Å². The number of aliphatic imine (C=N–C) groups is 1. The van der Waals surface area contributed by atoms with Gasteiger partial charge in [0.1, 0.15) is 11.4 Å². The van der Waals surface area contributed by atoms with Crippen LogP contribution in [-0.2, 0) is 0 Å². The second-order valence-electron chi connectivity index (χ2n) is 8.06. The molecule has 1 saturated heterocycles. The molecule has 0 aliphatic carbocycles. The summed E-state index contributed by atoms with van der Waals surface area (Å²) in [6.07, 6.45) is 9.88. The number of carbonyl (C=O) groups excluding carboxylic acids is 1. The highest BCUT2D eigenvalue weighted by atomic mass is 16.1. The Morgan fingerprint density at radius 3 is 2.97 bits per heavy atom. The van der Waals surface area contributed by atoms with Crippen LogP contribution in [0.25, 0.3) is 11.9 Å². The predicted molar refractivity (Wildman–Crippen MR) is 125 cm³/mol. The number of nitrogens with one attached hydrogen (secondary N) is 3. The van der Waals surface area contributed by atoms with E-state index in [1.54, 1.807) is 21.8 Å². The van der Waals surface area contributed by atoms with Crippen LogP contribution in [0.2, 0.25) is 0 Å². The number of fused-ring (bicyclic) bond motifs is 1. The van der Waals surface area contributed by atoms with Crippen LogP contribution in [0.15, 0.2) is 47.6 Å². The molecule has 2 aliphatic rings. The lowest BCUT2D eigenvalue weighted by atomic mass is 10.0. The summed E-state index contributed by atoms with van der Waals surface area (Å²) >= 11 is 0. The summed E-state index contributed by atoms with van der Waals surface area (Å²) in [6.45, 7) is 3.77. The molecular weight excluding hydrogens is 404 g/mol. The van der Waals surface area contributed by atoms with Crippen molar-refractivity contribution in [2.75, 3.05) is 18.4 Å². The third-order valence-corrected chi connectivity index (χ3v) is 5.71. The summed E-state index contributed by atoms with van der Waals surface area (Å²) in [4.78, 5) is 17.6. The van der Waals surface area contributed by atoms with E-state index < -0.39 is 0 Å². The number of allylic oxidation sites excluding steroid dienone is 1. The van der Waals surface area contributed by atoms with Gasteiger partial charge in [0.2, 0.25) is 0 Å². The molecule has 4 heterocycles. The van der Waals surface area contributed by atoms with Crippen LogP contribution in [0.1, 0.15) is 46.8 Å². The van der Waals surface area contributed by atoms with Gasteiger partial charge in [-0.2, -0.15) is 10.2 Å². The van der Waals surface area contributed by atoms with Crippen molar-refractivity contribution in [3.63, 3.8) is 0 Å². The van der Waals surface area contributed by atoms with Gasteiger partial charge in [0.15, 0.2) is 5.82 Å². The average Bonchev–Trinajstić information content (AvgIpc) is 3.17. The van der Waals surface area contributed by atoms with Crippen molar-refractivity contribution in [2.24, 2.45) is 4.99 Å². The molecule has 32 heavy (non-hydrogen) atoms. The van der Waals surface area contributed by atoms with Gasteiger partial charge in [0.25, 0.3) is 5.91 Å². The Balaban J connectivity index is 1.49. The molecule has 1 amide bonds. The van der Waals surface area contributed by atoms with Crippen molar-refractivity contribution in [3.8, 4) is 5.69 Å². The van der Waals surface area contributed by atoms with E-state index in [4.69, 9.17) is 5.10 Å². The van der Waals surface area contributed by atoms with Crippen molar-refractivity contribution in [3.05, 3.63) is 59.4 Å². The Bertz CT molecular complexity index is 1160. The number of hydrazine groups is 1. The first-order valence-corrected chi connectivity index (χ1v) is 10.9. The molecule has 3 N–H and O–H groups in total. The molecule has 1 atom stereocenters. The van der Waals surface area contributed by atoms with Gasteiger partial charge in [-0.1, -0.05) is 23.8 Å². The summed E-state index contributed by atoms with van der Waals surface area (Å²) in [5.41, 5.74) is 9.90. The van der Waals surface area contributed by atoms with E-state index in [1.807, 2.05) is 49.5 Å². The molecule has 0 spiro atoms. The number of carbonyl (C=O) groups is 1. The number of aryl methyl sites for hydroxylation is 1. The molecule has 1 aromatic carbocycles. The van der Waals surface area contributed by atoms with Crippen LogP contribution in [0.4, 0.5) is 11.6 Å². The third kappa shape index (κ3) is 4.12. The molecule has 1 fully saturated rings. The Labute approximate surface area is 186 Å². The Hall–Kier alpha value is -3.56. The lowest BCUT2D eigenvalue weighted by molar-refractivity contribution is 0.102. The summed E-state index contributed by atoms with van der Waals surface area (Å²) < 4.78 is 3.42. The minimum absolute atomic E-state index is 0.259. The number of hydrogen-bond donors (Lipinski definition) is 3. The van der Waals surface area contributed by atoms with E-state index in [2.05, 4.69) is 26.3 Å². The minimum Gasteiger partial charge on any atom is -0.306 e. The first kappa shape index (κ1) is 20.3. The van der Waals surface area contributed by atoms with Crippen LogP contribution in [0.3, 0.4) is 0 Å². The maximum Gasteiger partial charge on any atom is 0.262 e. The summed E-state index contributed by atoms with van der Waals surface area (Å²) in [5, 5.41) is 12.2. The standard InChI is InChI=1S/C23H26N8O/c1-16-6-8-18(9-7-16)31-21(13-20(29-31)17-5-4-11-25-26-14-17)28-23(32)19-15-27-30-12-3-2-10-24-22(19)30/h3,6-10,12-13,15,17,25-26H,2,4-5,11,14H2,1H3,(H,28,32). The highest BCUT2D eigenvalue weighted by Gasteiger charge is 2.23. The van der Waals surface area contributed by atoms with E-state index in [0.29, 0.717) is 23.6 Å². The van der Waals surface area contributed by atoms with E-state index in [-0.39, 0.29) is 11.8 Å². The van der Waals surface area contributed by atoms with Crippen LogP contribution in [-0.4, -0.2) is 44.8 Å². The van der Waals surface area contributed by atoms with E-state index in [0.717, 1.165) is 37.3 Å². The third-order valence-electron chi connectivity index (χ3n) is 5.71. The first-order chi connectivity index (χ1) is 15.7. The topological polar surface area (TPSA) is 101 Å². The molecule has 0 bridgehead atoms. The normalized spacial score (nSPS) is 18.1. The second-order valence-corrected chi connectivity index (χ2v) is 8.06. The zero-order valence-electron chi connectivity index (χ0n) is 18.0. The number of benzene rings is 1. The summed E-state index contributed by atoms with van der Waals surface area (Å²) in [5.74, 6) is 1.14. The molecule has 0 saturated carbocycles. The van der Waals surface area contributed by atoms with E-state index in [1.165, 1.54) is 5.56 Å². The van der Waals surface area contributed by atoms with Gasteiger partial charge in [-0.05, 0) is 31.9 Å². The van der Waals surface area contributed by atoms with Crippen molar-refractivity contribution >= 4 is 30.0 Å². The van der Waals surface area contributed by atoms with Crippen LogP contribution in [0, 0.1) is 6.92 Å². The van der Waals surface area contributed by atoms with Gasteiger partial charge >= 0.3 is 0 Å². The van der Waals surface area contributed by atoms with Crippen LogP contribution >= 0.6 is 0 Å². The lowest BCUT2D eigenvalue weighted by Crippen LogP contribution is -2.32. The number of amides is 1. The molecule has 3 aromatic rings. The smallest absolute Gasteiger partial charge is 0.262 e. The fourth-order valence-corrected chi connectivity index (χ4v) is 3.94. The maximum atomic E-state index is 13.2. The summed E-state index contributed by atoms with van der Waals surface area (Å²) in [6, 6.07) is 10.1. The molecule has 9 nitrogen and oxygen atoms in total. The molecule has 2 aromatic heterocycles. The Morgan fingerprint density at radius 2 is 2.09 bits per heavy atom. The van der Waals surface area contributed by atoms with Gasteiger partial charge in [0, 0.05) is 43.9 Å². The van der Waals surface area contributed by atoms with Gasteiger partial charge in [-0.3, -0.25) is 15.6 Å².